The van der Waals surface area contributed by atoms with Crippen LogP contribution in [0.1, 0.15) is 17.4 Å². The monoisotopic (exact) mass is 465 g/mol. The smallest absolute Gasteiger partial charge is 0.140 e. The van der Waals surface area contributed by atoms with Gasteiger partial charge in [0.1, 0.15) is 17.0 Å². The summed E-state index contributed by atoms with van der Waals surface area (Å²) in [4.78, 5) is 21.6. The number of pyridine rings is 1. The summed E-state index contributed by atoms with van der Waals surface area (Å²) >= 11 is 1.78. The third-order valence-electron chi connectivity index (χ3n) is 6.65. The number of hydrogen-bond acceptors (Lipinski definition) is 6. The molecule has 5 nitrogen and oxygen atoms in total. The highest BCUT2D eigenvalue weighted by atomic mass is 32.1. The maximum Gasteiger partial charge on any atom is 0.140 e. The first kappa shape index (κ1) is 21.2. The summed E-state index contributed by atoms with van der Waals surface area (Å²) in [6.07, 6.45) is 2.76. The Morgan fingerprint density at radius 2 is 1.65 bits per heavy atom. The van der Waals surface area contributed by atoms with Crippen LogP contribution in [0.25, 0.3) is 32.4 Å². The highest BCUT2D eigenvalue weighted by Crippen LogP contribution is 2.31. The third-order valence-corrected chi connectivity index (χ3v) is 7.83. The molecule has 0 N–H and O–H groups in total. The molecule has 3 aromatic heterocycles. The Hall–Kier alpha value is -3.35. The van der Waals surface area contributed by atoms with Gasteiger partial charge in [-0.25, -0.2) is 15.0 Å². The molecule has 1 aliphatic heterocycles. The van der Waals surface area contributed by atoms with Crippen LogP contribution >= 0.6 is 11.3 Å². The summed E-state index contributed by atoms with van der Waals surface area (Å²) in [6.45, 7) is 7.08. The molecular weight excluding hydrogens is 438 g/mol. The fourth-order valence-electron chi connectivity index (χ4n) is 4.81. The summed E-state index contributed by atoms with van der Waals surface area (Å²) in [5, 5.41) is 2.44. The minimum atomic E-state index is 0.925. The number of aryl methyl sites for hydroxylation is 1. The summed E-state index contributed by atoms with van der Waals surface area (Å²) in [5.41, 5.74) is 4.60. The molecule has 2 aromatic carbocycles. The van der Waals surface area contributed by atoms with Crippen molar-refractivity contribution < 1.29 is 0 Å². The average molecular weight is 466 g/mol. The van der Waals surface area contributed by atoms with Gasteiger partial charge in [0.05, 0.1) is 16.6 Å². The molecule has 4 heterocycles. The van der Waals surface area contributed by atoms with E-state index < -0.39 is 0 Å². The molecule has 0 amide bonds. The second-order valence-corrected chi connectivity index (χ2v) is 9.91. The first-order chi connectivity index (χ1) is 16.8. The van der Waals surface area contributed by atoms with Crippen molar-refractivity contribution in [3.05, 3.63) is 83.5 Å². The molecule has 1 fully saturated rings. The number of benzene rings is 2. The summed E-state index contributed by atoms with van der Waals surface area (Å²) in [6, 6.07) is 23.5. The van der Waals surface area contributed by atoms with Crippen molar-refractivity contribution in [2.45, 2.75) is 19.9 Å². The lowest BCUT2D eigenvalue weighted by Gasteiger charge is -2.35. The lowest BCUT2D eigenvalue weighted by atomic mass is 10.0. The first-order valence-corrected chi connectivity index (χ1v) is 12.7. The van der Waals surface area contributed by atoms with Crippen LogP contribution in [0.2, 0.25) is 0 Å². The fraction of sp³-hybridized carbons (Fsp3) is 0.250. The molecule has 6 heteroatoms. The maximum atomic E-state index is 4.95. The van der Waals surface area contributed by atoms with Crippen LogP contribution in [-0.4, -0.2) is 46.0 Å². The fourth-order valence-corrected chi connectivity index (χ4v) is 5.74. The highest BCUT2D eigenvalue weighted by Gasteiger charge is 2.22. The van der Waals surface area contributed by atoms with Gasteiger partial charge in [0.15, 0.2) is 0 Å². The van der Waals surface area contributed by atoms with Crippen molar-refractivity contribution in [3.8, 4) is 11.3 Å². The minimum absolute atomic E-state index is 0.925. The molecule has 0 aliphatic carbocycles. The van der Waals surface area contributed by atoms with E-state index in [1.54, 1.807) is 17.7 Å². The maximum absolute atomic E-state index is 4.95. The van der Waals surface area contributed by atoms with E-state index in [4.69, 9.17) is 4.98 Å². The Morgan fingerprint density at radius 1 is 0.853 bits per heavy atom. The molecule has 0 radical (unpaired) electrons. The van der Waals surface area contributed by atoms with Crippen LogP contribution in [0.3, 0.4) is 0 Å². The summed E-state index contributed by atoms with van der Waals surface area (Å²) < 4.78 is 0. The molecule has 0 spiro atoms. The molecule has 0 saturated carbocycles. The third kappa shape index (κ3) is 4.04. The number of rotatable bonds is 5. The zero-order chi connectivity index (χ0) is 22.9. The lowest BCUT2D eigenvalue weighted by molar-refractivity contribution is 0.250. The molecule has 0 bridgehead atoms. The summed E-state index contributed by atoms with van der Waals surface area (Å²) in [7, 11) is 0. The number of thiophene rings is 1. The van der Waals surface area contributed by atoms with E-state index in [1.807, 2.05) is 0 Å². The van der Waals surface area contributed by atoms with E-state index in [-0.39, 0.29) is 0 Å². The molecule has 6 rings (SSSR count). The number of para-hydroxylation sites is 1. The van der Waals surface area contributed by atoms with Crippen molar-refractivity contribution >= 4 is 38.3 Å². The number of fused-ring (bicyclic) bond motifs is 2. The molecule has 0 atom stereocenters. The van der Waals surface area contributed by atoms with Gasteiger partial charge in [-0.1, -0.05) is 55.5 Å². The Bertz CT molecular complexity index is 1440. The van der Waals surface area contributed by atoms with Crippen LogP contribution in [0.4, 0.5) is 5.82 Å². The molecular formula is C28H27N5S. The normalized spacial score (nSPS) is 14.8. The van der Waals surface area contributed by atoms with E-state index in [2.05, 4.69) is 93.4 Å². The van der Waals surface area contributed by atoms with E-state index in [0.29, 0.717) is 0 Å². The standard InChI is InChI=1S/C28H27N5S/c1-2-22-17-24-27(29-19-30-28(24)34-22)33-14-12-32(13-15-33)18-21-16-26(20-8-4-3-5-9-20)31-25-11-7-6-10-23(21)25/h3-11,16-17,19H,2,12-15,18H2,1H3. The van der Waals surface area contributed by atoms with E-state index in [0.717, 1.165) is 66.6 Å². The highest BCUT2D eigenvalue weighted by molar-refractivity contribution is 7.18. The lowest BCUT2D eigenvalue weighted by Crippen LogP contribution is -2.46. The zero-order valence-corrected chi connectivity index (χ0v) is 20.1. The number of nitrogens with zero attached hydrogens (tertiary/aromatic N) is 5. The van der Waals surface area contributed by atoms with Gasteiger partial charge in [0.2, 0.25) is 0 Å². The zero-order valence-electron chi connectivity index (χ0n) is 19.3. The van der Waals surface area contributed by atoms with Gasteiger partial charge in [0.25, 0.3) is 0 Å². The van der Waals surface area contributed by atoms with Gasteiger partial charge < -0.3 is 4.90 Å². The first-order valence-electron chi connectivity index (χ1n) is 11.9. The SMILES string of the molecule is CCc1cc2c(N3CCN(Cc4cc(-c5ccccc5)nc5ccccc45)CC3)ncnc2s1. The molecule has 170 valence electrons. The Kier molecular flexibility index (Phi) is 5.69. The van der Waals surface area contributed by atoms with Crippen LogP contribution in [0, 0.1) is 0 Å². The number of hydrogen-bond donors (Lipinski definition) is 0. The second kappa shape index (κ2) is 9.12. The topological polar surface area (TPSA) is 45.2 Å². The number of piperazine rings is 1. The number of aromatic nitrogens is 3. The summed E-state index contributed by atoms with van der Waals surface area (Å²) in [5.74, 6) is 1.08. The van der Waals surface area contributed by atoms with Crippen molar-refractivity contribution in [1.29, 1.82) is 0 Å². The van der Waals surface area contributed by atoms with Crippen LogP contribution in [-0.2, 0) is 13.0 Å². The molecule has 0 unspecified atom stereocenters. The van der Waals surface area contributed by atoms with Gasteiger partial charge in [-0.3, -0.25) is 4.90 Å². The molecule has 1 saturated heterocycles. The molecule has 34 heavy (non-hydrogen) atoms. The molecule has 5 aromatic rings. The Balaban J connectivity index is 1.24. The van der Waals surface area contributed by atoms with Gasteiger partial charge in [-0.15, -0.1) is 11.3 Å². The number of anilines is 1. The van der Waals surface area contributed by atoms with Crippen molar-refractivity contribution in [3.63, 3.8) is 0 Å². The minimum Gasteiger partial charge on any atom is -0.353 e. The Morgan fingerprint density at radius 3 is 2.47 bits per heavy atom. The van der Waals surface area contributed by atoms with Crippen molar-refractivity contribution in [1.82, 2.24) is 19.9 Å². The average Bonchev–Trinajstić information content (AvgIpc) is 3.33. The van der Waals surface area contributed by atoms with Crippen molar-refractivity contribution in [2.75, 3.05) is 31.1 Å². The van der Waals surface area contributed by atoms with E-state index in [1.165, 1.54) is 21.2 Å². The molecule has 1 aliphatic rings. The van der Waals surface area contributed by atoms with E-state index in [9.17, 15) is 0 Å². The van der Waals surface area contributed by atoms with Crippen LogP contribution in [0.15, 0.2) is 73.1 Å². The van der Waals surface area contributed by atoms with Gasteiger partial charge in [-0.2, -0.15) is 0 Å². The second-order valence-electron chi connectivity index (χ2n) is 8.80. The van der Waals surface area contributed by atoms with Gasteiger partial charge in [-0.05, 0) is 30.2 Å². The van der Waals surface area contributed by atoms with E-state index >= 15 is 0 Å². The van der Waals surface area contributed by atoms with Crippen LogP contribution in [0.5, 0.6) is 0 Å². The quantitative estimate of drug-likeness (QED) is 0.329. The Labute approximate surface area is 203 Å². The van der Waals surface area contributed by atoms with Gasteiger partial charge in [0, 0.05) is 48.6 Å². The predicted molar refractivity (Wildman–Crippen MR) is 141 cm³/mol. The van der Waals surface area contributed by atoms with Gasteiger partial charge >= 0.3 is 0 Å². The van der Waals surface area contributed by atoms with Crippen molar-refractivity contribution in [2.24, 2.45) is 0 Å². The predicted octanol–water partition coefficient (Wildman–Crippen LogP) is 5.79. The van der Waals surface area contributed by atoms with Crippen LogP contribution < -0.4 is 4.90 Å². The largest absolute Gasteiger partial charge is 0.353 e.